The maximum Gasteiger partial charge on any atom is 0.409 e. The Morgan fingerprint density at radius 2 is 0.833 bits per heavy atom. The third-order valence-electron chi connectivity index (χ3n) is 6.04. The van der Waals surface area contributed by atoms with Gasteiger partial charge in [0.05, 0.1) is 6.61 Å². The number of unbranched alkanes of at least 4 members (excludes halogenated alkanes) is 17. The van der Waals surface area contributed by atoms with Crippen molar-refractivity contribution >= 4 is 6.09 Å². The third-order valence-corrected chi connectivity index (χ3v) is 6.04. The zero-order chi connectivity index (χ0) is 22.1. The van der Waals surface area contributed by atoms with Crippen LogP contribution in [0.4, 0.5) is 4.79 Å². The highest BCUT2D eigenvalue weighted by molar-refractivity contribution is 5.67. The SMILES string of the molecule is CCCCCCCCCN(CCCCCCCCC)C(=O)OCCCCCCCC. The van der Waals surface area contributed by atoms with Crippen LogP contribution in [0.1, 0.15) is 149 Å². The minimum Gasteiger partial charge on any atom is -0.449 e. The van der Waals surface area contributed by atoms with Gasteiger partial charge in [0.25, 0.3) is 0 Å². The minimum absolute atomic E-state index is 0.0690. The van der Waals surface area contributed by atoms with Gasteiger partial charge in [0.2, 0.25) is 0 Å². The van der Waals surface area contributed by atoms with Crippen LogP contribution in [0.2, 0.25) is 0 Å². The van der Waals surface area contributed by atoms with Crippen molar-refractivity contribution in [1.82, 2.24) is 4.90 Å². The van der Waals surface area contributed by atoms with Crippen molar-refractivity contribution in [3.8, 4) is 0 Å². The maximum absolute atomic E-state index is 12.6. The van der Waals surface area contributed by atoms with Crippen molar-refractivity contribution in [2.75, 3.05) is 19.7 Å². The first kappa shape index (κ1) is 29.3. The number of ether oxygens (including phenoxy) is 1. The molecule has 0 aromatic carbocycles. The number of rotatable bonds is 23. The quantitative estimate of drug-likeness (QED) is 0.153. The van der Waals surface area contributed by atoms with Gasteiger partial charge in [0.1, 0.15) is 0 Å². The molecule has 0 atom stereocenters. The Morgan fingerprint density at radius 3 is 1.23 bits per heavy atom. The molecule has 0 aromatic heterocycles. The van der Waals surface area contributed by atoms with Crippen molar-refractivity contribution in [2.24, 2.45) is 0 Å². The molecule has 0 radical (unpaired) electrons. The Bertz CT molecular complexity index is 328. The normalized spacial score (nSPS) is 11.0. The van der Waals surface area contributed by atoms with E-state index in [9.17, 15) is 4.79 Å². The smallest absolute Gasteiger partial charge is 0.409 e. The lowest BCUT2D eigenvalue weighted by Crippen LogP contribution is -2.33. The Hall–Kier alpha value is -0.730. The predicted molar refractivity (Wildman–Crippen MR) is 132 cm³/mol. The van der Waals surface area contributed by atoms with Gasteiger partial charge in [-0.15, -0.1) is 0 Å². The molecule has 3 heteroatoms. The molecule has 0 bridgehead atoms. The molecule has 0 fully saturated rings. The van der Waals surface area contributed by atoms with Crippen LogP contribution < -0.4 is 0 Å². The Labute approximate surface area is 189 Å². The molecule has 0 aromatic rings. The molecule has 1 amide bonds. The van der Waals surface area contributed by atoms with E-state index in [1.54, 1.807) is 0 Å². The molecule has 0 aliphatic heterocycles. The summed E-state index contributed by atoms with van der Waals surface area (Å²) < 4.78 is 5.62. The predicted octanol–water partition coefficient (Wildman–Crippen LogP) is 9.29. The number of carbonyl (C=O) groups excluding carboxylic acids is 1. The second-order valence-electron chi connectivity index (χ2n) is 9.11. The molecule has 0 spiro atoms. The molecule has 0 saturated heterocycles. The molecule has 0 heterocycles. The highest BCUT2D eigenvalue weighted by Gasteiger charge is 2.14. The van der Waals surface area contributed by atoms with Gasteiger partial charge >= 0.3 is 6.09 Å². The summed E-state index contributed by atoms with van der Waals surface area (Å²) in [5, 5.41) is 0. The number of hydrogen-bond acceptors (Lipinski definition) is 2. The van der Waals surface area contributed by atoms with Crippen LogP contribution in [0.25, 0.3) is 0 Å². The molecule has 180 valence electrons. The monoisotopic (exact) mass is 425 g/mol. The van der Waals surface area contributed by atoms with E-state index >= 15 is 0 Å². The molecule has 0 saturated carbocycles. The zero-order valence-corrected chi connectivity index (χ0v) is 21.0. The van der Waals surface area contributed by atoms with Crippen LogP contribution in [0.3, 0.4) is 0 Å². The van der Waals surface area contributed by atoms with Gasteiger partial charge in [-0.3, -0.25) is 0 Å². The highest BCUT2D eigenvalue weighted by atomic mass is 16.6. The molecular formula is C27H55NO2. The summed E-state index contributed by atoms with van der Waals surface area (Å²) >= 11 is 0. The number of carbonyl (C=O) groups is 1. The Morgan fingerprint density at radius 1 is 0.500 bits per heavy atom. The average molecular weight is 426 g/mol. The summed E-state index contributed by atoms with van der Waals surface area (Å²) in [7, 11) is 0. The minimum atomic E-state index is -0.0690. The molecule has 0 rings (SSSR count). The second kappa shape index (κ2) is 24.5. The molecule has 0 unspecified atom stereocenters. The van der Waals surface area contributed by atoms with Crippen molar-refractivity contribution in [1.29, 1.82) is 0 Å². The highest BCUT2D eigenvalue weighted by Crippen LogP contribution is 2.12. The summed E-state index contributed by atoms with van der Waals surface area (Å²) in [6.07, 6.45) is 25.4. The Balaban J connectivity index is 4.03. The van der Waals surface area contributed by atoms with Crippen LogP contribution in [-0.2, 0) is 4.74 Å². The number of hydrogen-bond donors (Lipinski definition) is 0. The third kappa shape index (κ3) is 20.5. The van der Waals surface area contributed by atoms with E-state index in [2.05, 4.69) is 20.8 Å². The lowest BCUT2D eigenvalue weighted by molar-refractivity contribution is 0.0989. The topological polar surface area (TPSA) is 29.5 Å². The van der Waals surface area contributed by atoms with Crippen LogP contribution in [0, 0.1) is 0 Å². The van der Waals surface area contributed by atoms with E-state index in [1.165, 1.54) is 109 Å². The van der Waals surface area contributed by atoms with E-state index in [0.29, 0.717) is 6.61 Å². The van der Waals surface area contributed by atoms with Crippen LogP contribution in [0.15, 0.2) is 0 Å². The summed E-state index contributed by atoms with van der Waals surface area (Å²) in [5.74, 6) is 0. The molecule has 3 nitrogen and oxygen atoms in total. The molecular weight excluding hydrogens is 370 g/mol. The lowest BCUT2D eigenvalue weighted by atomic mass is 10.1. The van der Waals surface area contributed by atoms with E-state index in [4.69, 9.17) is 4.74 Å². The van der Waals surface area contributed by atoms with Crippen LogP contribution >= 0.6 is 0 Å². The van der Waals surface area contributed by atoms with Gasteiger partial charge in [-0.2, -0.15) is 0 Å². The van der Waals surface area contributed by atoms with Crippen LogP contribution in [-0.4, -0.2) is 30.7 Å². The van der Waals surface area contributed by atoms with E-state index in [-0.39, 0.29) is 6.09 Å². The molecule has 0 N–H and O–H groups in total. The van der Waals surface area contributed by atoms with Gasteiger partial charge in [-0.25, -0.2) is 4.79 Å². The summed E-state index contributed by atoms with van der Waals surface area (Å²) in [6.45, 7) is 9.11. The molecule has 0 aliphatic carbocycles. The van der Waals surface area contributed by atoms with Gasteiger partial charge in [-0.05, 0) is 19.3 Å². The average Bonchev–Trinajstić information content (AvgIpc) is 2.75. The number of nitrogens with zero attached hydrogens (tertiary/aromatic N) is 1. The fourth-order valence-electron chi connectivity index (χ4n) is 3.95. The molecule has 30 heavy (non-hydrogen) atoms. The fraction of sp³-hybridized carbons (Fsp3) is 0.963. The summed E-state index contributed by atoms with van der Waals surface area (Å²) in [5.41, 5.74) is 0. The largest absolute Gasteiger partial charge is 0.449 e. The van der Waals surface area contributed by atoms with E-state index in [1.807, 2.05) is 4.90 Å². The zero-order valence-electron chi connectivity index (χ0n) is 21.0. The summed E-state index contributed by atoms with van der Waals surface area (Å²) in [6, 6.07) is 0. The van der Waals surface area contributed by atoms with Gasteiger partial charge in [0, 0.05) is 13.1 Å². The fourth-order valence-corrected chi connectivity index (χ4v) is 3.95. The van der Waals surface area contributed by atoms with Crippen molar-refractivity contribution in [2.45, 2.75) is 149 Å². The van der Waals surface area contributed by atoms with E-state index in [0.717, 1.165) is 32.4 Å². The molecule has 0 aliphatic rings. The van der Waals surface area contributed by atoms with Gasteiger partial charge in [0.15, 0.2) is 0 Å². The standard InChI is InChI=1S/C27H55NO2/c1-4-7-10-13-16-18-21-24-28(25-22-19-17-14-11-8-5-2)27(29)30-26-23-20-15-12-9-6-3/h4-26H2,1-3H3. The Kier molecular flexibility index (Phi) is 23.9. The maximum atomic E-state index is 12.6. The first-order valence-corrected chi connectivity index (χ1v) is 13.7. The van der Waals surface area contributed by atoms with E-state index < -0.39 is 0 Å². The number of amides is 1. The van der Waals surface area contributed by atoms with Crippen molar-refractivity contribution in [3.05, 3.63) is 0 Å². The first-order valence-electron chi connectivity index (χ1n) is 13.7. The van der Waals surface area contributed by atoms with Crippen molar-refractivity contribution in [3.63, 3.8) is 0 Å². The van der Waals surface area contributed by atoms with Crippen molar-refractivity contribution < 1.29 is 9.53 Å². The van der Waals surface area contributed by atoms with Crippen LogP contribution in [0.5, 0.6) is 0 Å². The lowest BCUT2D eigenvalue weighted by Gasteiger charge is -2.22. The van der Waals surface area contributed by atoms with Gasteiger partial charge < -0.3 is 9.64 Å². The second-order valence-corrected chi connectivity index (χ2v) is 9.11. The van der Waals surface area contributed by atoms with Gasteiger partial charge in [-0.1, -0.05) is 130 Å². The summed E-state index contributed by atoms with van der Waals surface area (Å²) in [4.78, 5) is 14.6. The first-order chi connectivity index (χ1) is 14.8.